The van der Waals surface area contributed by atoms with Crippen LogP contribution in [0.5, 0.6) is 0 Å². The molecule has 1 rings (SSSR count). The molecule has 0 radical (unpaired) electrons. The molecular weight excluding hydrogens is 212 g/mol. The highest BCUT2D eigenvalue weighted by molar-refractivity contribution is 5.94. The van der Waals surface area contributed by atoms with E-state index in [0.29, 0.717) is 0 Å². The van der Waals surface area contributed by atoms with E-state index in [0.717, 1.165) is 42.7 Å². The highest BCUT2D eigenvalue weighted by Crippen LogP contribution is 2.08. The van der Waals surface area contributed by atoms with Gasteiger partial charge in [0.2, 0.25) is 0 Å². The van der Waals surface area contributed by atoms with Gasteiger partial charge in [-0.25, -0.2) is 0 Å². The Kier molecular flexibility index (Phi) is 5.70. The predicted molar refractivity (Wildman–Crippen MR) is 71.4 cm³/mol. The summed E-state index contributed by atoms with van der Waals surface area (Å²) < 4.78 is 0. The van der Waals surface area contributed by atoms with Gasteiger partial charge in [-0.3, -0.25) is 4.79 Å². The second-order valence-corrected chi connectivity index (χ2v) is 4.34. The molecule has 0 saturated heterocycles. The van der Waals surface area contributed by atoms with Crippen LogP contribution >= 0.6 is 0 Å². The Hall–Kier alpha value is -1.35. The zero-order valence-corrected chi connectivity index (χ0v) is 11.0. The molecule has 2 N–H and O–H groups in total. The van der Waals surface area contributed by atoms with Crippen molar-refractivity contribution in [2.75, 3.05) is 19.6 Å². The monoisotopic (exact) mass is 234 g/mol. The molecule has 0 atom stereocenters. The summed E-state index contributed by atoms with van der Waals surface area (Å²) in [7, 11) is 0. The minimum absolute atomic E-state index is 0.0216. The maximum atomic E-state index is 11.9. The molecule has 0 aliphatic rings. The van der Waals surface area contributed by atoms with Gasteiger partial charge in [0.05, 0.1) is 0 Å². The van der Waals surface area contributed by atoms with Crippen molar-refractivity contribution in [2.45, 2.75) is 27.2 Å². The third kappa shape index (κ3) is 5.00. The topological polar surface area (TPSA) is 41.1 Å². The van der Waals surface area contributed by atoms with Crippen LogP contribution in [0.1, 0.15) is 34.8 Å². The molecule has 3 heteroatoms. The quantitative estimate of drug-likeness (QED) is 0.739. The van der Waals surface area contributed by atoms with Gasteiger partial charge in [-0.15, -0.1) is 0 Å². The van der Waals surface area contributed by atoms with Crippen LogP contribution in [0.15, 0.2) is 18.2 Å². The first kappa shape index (κ1) is 13.7. The van der Waals surface area contributed by atoms with Crippen molar-refractivity contribution in [3.8, 4) is 0 Å². The average molecular weight is 234 g/mol. The first-order valence-electron chi connectivity index (χ1n) is 6.20. The fourth-order valence-corrected chi connectivity index (χ4v) is 1.80. The van der Waals surface area contributed by atoms with E-state index >= 15 is 0 Å². The molecule has 17 heavy (non-hydrogen) atoms. The summed E-state index contributed by atoms with van der Waals surface area (Å²) in [6.45, 7) is 8.74. The lowest BCUT2D eigenvalue weighted by atomic mass is 10.1. The van der Waals surface area contributed by atoms with Crippen molar-refractivity contribution in [1.29, 1.82) is 0 Å². The van der Waals surface area contributed by atoms with Crippen LogP contribution in [-0.2, 0) is 0 Å². The molecule has 0 heterocycles. The fraction of sp³-hybridized carbons (Fsp3) is 0.500. The zero-order valence-electron chi connectivity index (χ0n) is 11.0. The summed E-state index contributed by atoms with van der Waals surface area (Å²) in [6.07, 6.45) is 0.963. The molecule has 0 saturated carbocycles. The van der Waals surface area contributed by atoms with E-state index in [2.05, 4.69) is 23.6 Å². The molecule has 94 valence electrons. The van der Waals surface area contributed by atoms with Crippen molar-refractivity contribution in [3.63, 3.8) is 0 Å². The van der Waals surface area contributed by atoms with Gasteiger partial charge >= 0.3 is 0 Å². The Morgan fingerprint density at radius 1 is 1.12 bits per heavy atom. The number of carbonyl (C=O) groups excluding carboxylic acids is 1. The summed E-state index contributed by atoms with van der Waals surface area (Å²) >= 11 is 0. The lowest BCUT2D eigenvalue weighted by Crippen LogP contribution is -2.27. The molecule has 1 amide bonds. The number of carbonyl (C=O) groups is 1. The minimum Gasteiger partial charge on any atom is -0.352 e. The highest BCUT2D eigenvalue weighted by atomic mass is 16.1. The number of nitrogens with one attached hydrogen (secondary N) is 2. The summed E-state index contributed by atoms with van der Waals surface area (Å²) in [5.41, 5.74) is 3.01. The Morgan fingerprint density at radius 2 is 1.76 bits per heavy atom. The SMILES string of the molecule is CCNCCCNC(=O)c1cc(C)cc(C)c1. The fourth-order valence-electron chi connectivity index (χ4n) is 1.80. The van der Waals surface area contributed by atoms with Crippen molar-refractivity contribution in [2.24, 2.45) is 0 Å². The molecule has 1 aromatic rings. The van der Waals surface area contributed by atoms with E-state index in [1.165, 1.54) is 0 Å². The van der Waals surface area contributed by atoms with Crippen molar-refractivity contribution in [1.82, 2.24) is 10.6 Å². The van der Waals surface area contributed by atoms with Gasteiger partial charge in [-0.2, -0.15) is 0 Å². The van der Waals surface area contributed by atoms with Crippen LogP contribution in [0.4, 0.5) is 0 Å². The molecular formula is C14H22N2O. The molecule has 0 unspecified atom stereocenters. The van der Waals surface area contributed by atoms with Gasteiger partial charge in [0.1, 0.15) is 0 Å². The molecule has 0 aliphatic heterocycles. The molecule has 1 aromatic carbocycles. The van der Waals surface area contributed by atoms with E-state index in [1.807, 2.05) is 26.0 Å². The standard InChI is InChI=1S/C14H22N2O/c1-4-15-6-5-7-16-14(17)13-9-11(2)8-12(3)10-13/h8-10,15H,4-7H2,1-3H3,(H,16,17). The van der Waals surface area contributed by atoms with Gasteiger partial charge in [-0.05, 0) is 45.5 Å². The molecule has 0 aromatic heterocycles. The number of rotatable bonds is 6. The lowest BCUT2D eigenvalue weighted by Gasteiger charge is -2.07. The van der Waals surface area contributed by atoms with Crippen LogP contribution in [0, 0.1) is 13.8 Å². The number of hydrogen-bond acceptors (Lipinski definition) is 2. The Morgan fingerprint density at radius 3 is 2.35 bits per heavy atom. The molecule has 0 fully saturated rings. The van der Waals surface area contributed by atoms with E-state index in [1.54, 1.807) is 0 Å². The number of benzene rings is 1. The highest BCUT2D eigenvalue weighted by Gasteiger charge is 2.05. The first-order chi connectivity index (χ1) is 8.13. The van der Waals surface area contributed by atoms with Gasteiger partial charge in [0.25, 0.3) is 5.91 Å². The van der Waals surface area contributed by atoms with Crippen molar-refractivity contribution >= 4 is 5.91 Å². The van der Waals surface area contributed by atoms with Crippen LogP contribution in [0.2, 0.25) is 0 Å². The van der Waals surface area contributed by atoms with Gasteiger partial charge in [-0.1, -0.05) is 24.1 Å². The molecule has 3 nitrogen and oxygen atoms in total. The second kappa shape index (κ2) is 7.07. The largest absolute Gasteiger partial charge is 0.352 e. The van der Waals surface area contributed by atoms with Gasteiger partial charge in [0.15, 0.2) is 0 Å². The van der Waals surface area contributed by atoms with Crippen molar-refractivity contribution in [3.05, 3.63) is 34.9 Å². The maximum Gasteiger partial charge on any atom is 0.251 e. The molecule has 0 bridgehead atoms. The Balaban J connectivity index is 2.41. The lowest BCUT2D eigenvalue weighted by molar-refractivity contribution is 0.0953. The normalized spacial score (nSPS) is 10.3. The maximum absolute atomic E-state index is 11.9. The van der Waals surface area contributed by atoms with Crippen LogP contribution in [0.25, 0.3) is 0 Å². The zero-order chi connectivity index (χ0) is 12.7. The van der Waals surface area contributed by atoms with E-state index in [-0.39, 0.29) is 5.91 Å². The first-order valence-corrected chi connectivity index (χ1v) is 6.20. The van der Waals surface area contributed by atoms with Gasteiger partial charge < -0.3 is 10.6 Å². The van der Waals surface area contributed by atoms with E-state index in [9.17, 15) is 4.79 Å². The number of hydrogen-bond donors (Lipinski definition) is 2. The van der Waals surface area contributed by atoms with Crippen LogP contribution in [0.3, 0.4) is 0 Å². The van der Waals surface area contributed by atoms with Crippen LogP contribution in [-0.4, -0.2) is 25.5 Å². The summed E-state index contributed by atoms with van der Waals surface area (Å²) in [5, 5.41) is 6.16. The number of aryl methyl sites for hydroxylation is 2. The van der Waals surface area contributed by atoms with E-state index < -0.39 is 0 Å². The summed E-state index contributed by atoms with van der Waals surface area (Å²) in [5.74, 6) is 0.0216. The Labute approximate surface area is 104 Å². The Bertz CT molecular complexity index is 354. The predicted octanol–water partition coefficient (Wildman–Crippen LogP) is 2.03. The minimum atomic E-state index is 0.0216. The third-order valence-corrected chi connectivity index (χ3v) is 2.55. The second-order valence-electron chi connectivity index (χ2n) is 4.34. The third-order valence-electron chi connectivity index (χ3n) is 2.55. The summed E-state index contributed by atoms with van der Waals surface area (Å²) in [4.78, 5) is 11.9. The van der Waals surface area contributed by atoms with Gasteiger partial charge in [0, 0.05) is 12.1 Å². The smallest absolute Gasteiger partial charge is 0.251 e. The molecule has 0 aliphatic carbocycles. The molecule has 0 spiro atoms. The number of amides is 1. The van der Waals surface area contributed by atoms with Crippen molar-refractivity contribution < 1.29 is 4.79 Å². The average Bonchev–Trinajstić information content (AvgIpc) is 2.27. The summed E-state index contributed by atoms with van der Waals surface area (Å²) in [6, 6.07) is 5.92. The van der Waals surface area contributed by atoms with E-state index in [4.69, 9.17) is 0 Å². The van der Waals surface area contributed by atoms with Crippen LogP contribution < -0.4 is 10.6 Å².